The SMILES string of the molecule is [2H]C([2H])([2H])NCCCOc1nn(Cc2ccccc2)c2ccccc12. The van der Waals surface area contributed by atoms with Gasteiger partial charge in [0, 0.05) is 4.11 Å². The molecule has 0 fully saturated rings. The Balaban J connectivity index is 1.69. The lowest BCUT2D eigenvalue weighted by atomic mass is 10.2. The van der Waals surface area contributed by atoms with Crippen molar-refractivity contribution >= 4 is 10.9 Å². The molecular weight excluding hydrogens is 274 g/mol. The van der Waals surface area contributed by atoms with E-state index in [4.69, 9.17) is 8.85 Å². The van der Waals surface area contributed by atoms with E-state index in [1.54, 1.807) is 0 Å². The van der Waals surface area contributed by atoms with Gasteiger partial charge in [0.1, 0.15) is 0 Å². The fraction of sp³-hybridized carbons (Fsp3) is 0.278. The van der Waals surface area contributed by atoms with Gasteiger partial charge >= 0.3 is 0 Å². The van der Waals surface area contributed by atoms with Gasteiger partial charge in [-0.3, -0.25) is 4.68 Å². The molecule has 1 N–H and O–H groups in total. The predicted octanol–water partition coefficient (Wildman–Crippen LogP) is 3.07. The van der Waals surface area contributed by atoms with Crippen molar-refractivity contribution in [3.05, 3.63) is 60.2 Å². The zero-order chi connectivity index (χ0) is 17.7. The molecule has 0 unspecified atom stereocenters. The third kappa shape index (κ3) is 3.28. The summed E-state index contributed by atoms with van der Waals surface area (Å²) in [4.78, 5) is 0. The molecule has 1 aromatic heterocycles. The van der Waals surface area contributed by atoms with Gasteiger partial charge in [-0.05, 0) is 37.6 Å². The smallest absolute Gasteiger partial charge is 0.240 e. The first-order chi connectivity index (χ1) is 12.0. The first-order valence-electron chi connectivity index (χ1n) is 8.90. The van der Waals surface area contributed by atoms with Crippen molar-refractivity contribution in [3.63, 3.8) is 0 Å². The van der Waals surface area contributed by atoms with E-state index in [1.807, 2.05) is 47.1 Å². The largest absolute Gasteiger partial charge is 0.476 e. The summed E-state index contributed by atoms with van der Waals surface area (Å²) < 4.78 is 29.1. The lowest BCUT2D eigenvalue weighted by molar-refractivity contribution is 0.297. The zero-order valence-corrected chi connectivity index (χ0v) is 12.3. The van der Waals surface area contributed by atoms with E-state index in [0.717, 1.165) is 10.9 Å². The lowest BCUT2D eigenvalue weighted by Crippen LogP contribution is -2.11. The van der Waals surface area contributed by atoms with E-state index in [9.17, 15) is 0 Å². The van der Waals surface area contributed by atoms with Crippen LogP contribution in [0.25, 0.3) is 10.9 Å². The van der Waals surface area contributed by atoms with Gasteiger partial charge in [0.15, 0.2) is 0 Å². The molecule has 2 aromatic carbocycles. The summed E-state index contributed by atoms with van der Waals surface area (Å²) in [6.45, 7) is -0.649. The minimum atomic E-state index is -2.11. The van der Waals surface area contributed by atoms with E-state index < -0.39 is 6.98 Å². The summed E-state index contributed by atoms with van der Waals surface area (Å²) in [5.41, 5.74) is 2.19. The fourth-order valence-electron chi connectivity index (χ4n) is 2.41. The van der Waals surface area contributed by atoms with Gasteiger partial charge in [0.2, 0.25) is 5.88 Å². The molecule has 0 amide bonds. The van der Waals surface area contributed by atoms with Crippen LogP contribution in [0.5, 0.6) is 5.88 Å². The molecule has 0 aliphatic heterocycles. The molecule has 1 heterocycles. The maximum Gasteiger partial charge on any atom is 0.240 e. The summed E-state index contributed by atoms with van der Waals surface area (Å²) >= 11 is 0. The van der Waals surface area contributed by atoms with Gasteiger partial charge in [-0.2, -0.15) is 0 Å². The van der Waals surface area contributed by atoms with E-state index in [1.165, 1.54) is 5.56 Å². The number of hydrogen-bond acceptors (Lipinski definition) is 3. The van der Waals surface area contributed by atoms with Crippen LogP contribution in [0.15, 0.2) is 54.6 Å². The second-order valence-corrected chi connectivity index (χ2v) is 5.09. The molecule has 0 spiro atoms. The van der Waals surface area contributed by atoms with Crippen LogP contribution in [-0.4, -0.2) is 29.9 Å². The molecule has 4 nitrogen and oxygen atoms in total. The van der Waals surface area contributed by atoms with Crippen LogP contribution in [-0.2, 0) is 6.54 Å². The summed E-state index contributed by atoms with van der Waals surface area (Å²) in [5, 5.41) is 8.03. The third-order valence-corrected chi connectivity index (χ3v) is 3.48. The quantitative estimate of drug-likeness (QED) is 0.681. The molecule has 4 heteroatoms. The Morgan fingerprint density at radius 2 is 1.95 bits per heavy atom. The minimum absolute atomic E-state index is 0.374. The molecule has 0 aliphatic carbocycles. The van der Waals surface area contributed by atoms with E-state index in [2.05, 4.69) is 22.5 Å². The fourth-order valence-corrected chi connectivity index (χ4v) is 2.41. The topological polar surface area (TPSA) is 39.1 Å². The number of para-hydroxylation sites is 1. The van der Waals surface area contributed by atoms with Crippen LogP contribution in [0, 0.1) is 0 Å². The standard InChI is InChI=1S/C18H21N3O/c1-19-12-7-13-22-18-16-10-5-6-11-17(16)21(20-18)14-15-8-3-2-4-9-15/h2-6,8-11,19H,7,12-14H2,1H3/i1D3. The number of benzene rings is 2. The second-order valence-electron chi connectivity index (χ2n) is 5.09. The minimum Gasteiger partial charge on any atom is -0.476 e. The summed E-state index contributed by atoms with van der Waals surface area (Å²) in [6, 6.07) is 18.1. The van der Waals surface area contributed by atoms with Gasteiger partial charge in [-0.25, -0.2) is 0 Å². The van der Waals surface area contributed by atoms with Gasteiger partial charge in [-0.1, -0.05) is 42.5 Å². The Kier molecular flexibility index (Phi) is 3.63. The molecule has 0 radical (unpaired) electrons. The number of rotatable bonds is 7. The van der Waals surface area contributed by atoms with Crippen molar-refractivity contribution in [3.8, 4) is 5.88 Å². The zero-order valence-electron chi connectivity index (χ0n) is 15.3. The van der Waals surface area contributed by atoms with Crippen LogP contribution in [0.3, 0.4) is 0 Å². The third-order valence-electron chi connectivity index (χ3n) is 3.48. The molecule has 114 valence electrons. The number of aromatic nitrogens is 2. The molecule has 3 rings (SSSR count). The van der Waals surface area contributed by atoms with Crippen LogP contribution in [0.4, 0.5) is 0 Å². The molecule has 0 bridgehead atoms. The van der Waals surface area contributed by atoms with E-state index in [-0.39, 0.29) is 0 Å². The molecule has 3 aromatic rings. The summed E-state index contributed by atoms with van der Waals surface area (Å²) in [7, 11) is 0. The highest BCUT2D eigenvalue weighted by atomic mass is 16.5. The number of nitrogens with zero attached hydrogens (tertiary/aromatic N) is 2. The number of nitrogens with one attached hydrogen (secondary N) is 1. The molecule has 0 aliphatic rings. The number of ether oxygens (including phenoxy) is 1. The second kappa shape index (κ2) is 7.09. The van der Waals surface area contributed by atoms with Crippen molar-refractivity contribution in [1.29, 1.82) is 0 Å². The summed E-state index contributed by atoms with van der Waals surface area (Å²) in [6.07, 6.45) is 0.595. The van der Waals surface area contributed by atoms with Crippen molar-refractivity contribution < 1.29 is 8.85 Å². The van der Waals surface area contributed by atoms with Crippen molar-refractivity contribution in [2.45, 2.75) is 13.0 Å². The normalized spacial score (nSPS) is 13.5. The van der Waals surface area contributed by atoms with Crippen molar-refractivity contribution in [2.75, 3.05) is 20.1 Å². The van der Waals surface area contributed by atoms with Crippen LogP contribution in [0.2, 0.25) is 0 Å². The predicted molar refractivity (Wildman–Crippen MR) is 89.3 cm³/mol. The highest BCUT2D eigenvalue weighted by Crippen LogP contribution is 2.25. The number of fused-ring (bicyclic) bond motifs is 1. The van der Waals surface area contributed by atoms with E-state index in [0.29, 0.717) is 32.0 Å². The molecule has 22 heavy (non-hydrogen) atoms. The lowest BCUT2D eigenvalue weighted by Gasteiger charge is -2.03. The Bertz CT molecular complexity index is 815. The average molecular weight is 298 g/mol. The van der Waals surface area contributed by atoms with Crippen molar-refractivity contribution in [2.24, 2.45) is 0 Å². The van der Waals surface area contributed by atoms with Gasteiger partial charge in [0.05, 0.1) is 24.1 Å². The Labute approximate surface area is 134 Å². The highest BCUT2D eigenvalue weighted by Gasteiger charge is 2.11. The highest BCUT2D eigenvalue weighted by molar-refractivity contribution is 5.84. The van der Waals surface area contributed by atoms with Crippen LogP contribution >= 0.6 is 0 Å². The maximum absolute atomic E-state index is 7.12. The Morgan fingerprint density at radius 1 is 1.14 bits per heavy atom. The number of hydrogen-bond donors (Lipinski definition) is 1. The maximum atomic E-state index is 7.12. The average Bonchev–Trinajstić information content (AvgIpc) is 2.93. The van der Waals surface area contributed by atoms with Crippen molar-refractivity contribution in [1.82, 2.24) is 15.1 Å². The molecule has 0 saturated carbocycles. The molecular formula is C18H21N3O. The van der Waals surface area contributed by atoms with Crippen LogP contribution < -0.4 is 10.1 Å². The molecule has 0 atom stereocenters. The van der Waals surface area contributed by atoms with Gasteiger partial charge < -0.3 is 10.1 Å². The molecule has 0 saturated heterocycles. The Hall–Kier alpha value is -2.33. The van der Waals surface area contributed by atoms with E-state index >= 15 is 0 Å². The first kappa shape index (κ1) is 11.3. The first-order valence-corrected chi connectivity index (χ1v) is 7.40. The monoisotopic (exact) mass is 298 g/mol. The summed E-state index contributed by atoms with van der Waals surface area (Å²) in [5.74, 6) is 0.584. The van der Waals surface area contributed by atoms with Gasteiger partial charge in [0.25, 0.3) is 0 Å². The Morgan fingerprint density at radius 3 is 2.82 bits per heavy atom. The van der Waals surface area contributed by atoms with Crippen LogP contribution in [0.1, 0.15) is 16.1 Å². The van der Waals surface area contributed by atoms with Gasteiger partial charge in [-0.15, -0.1) is 5.10 Å².